The predicted molar refractivity (Wildman–Crippen MR) is 51.6 cm³/mol. The molecule has 0 amide bonds. The van der Waals surface area contributed by atoms with Gasteiger partial charge < -0.3 is 9.47 Å². The van der Waals surface area contributed by atoms with Crippen molar-refractivity contribution >= 4 is 5.97 Å². The molecular weight excluding hydrogens is 168 g/mol. The predicted octanol–water partition coefficient (Wildman–Crippen LogP) is 2.14. The van der Waals surface area contributed by atoms with Crippen LogP contribution in [-0.2, 0) is 14.3 Å². The lowest BCUT2D eigenvalue weighted by molar-refractivity contribution is -0.145. The summed E-state index contributed by atoms with van der Waals surface area (Å²) >= 11 is 0. The van der Waals surface area contributed by atoms with Crippen molar-refractivity contribution in [1.29, 1.82) is 0 Å². The zero-order chi connectivity index (χ0) is 10.3. The Kier molecular flexibility index (Phi) is 5.71. The van der Waals surface area contributed by atoms with E-state index in [1.54, 1.807) is 7.11 Å². The van der Waals surface area contributed by atoms with Gasteiger partial charge in [-0.15, -0.1) is 0 Å². The number of carbonyl (C=O) groups is 1. The van der Waals surface area contributed by atoms with Gasteiger partial charge in [0.2, 0.25) is 0 Å². The molecule has 0 aliphatic heterocycles. The van der Waals surface area contributed by atoms with Crippen LogP contribution in [0, 0.1) is 0 Å². The summed E-state index contributed by atoms with van der Waals surface area (Å²) in [5.74, 6) is -0.132. The lowest BCUT2D eigenvalue weighted by Gasteiger charge is -2.21. The summed E-state index contributed by atoms with van der Waals surface area (Å²) in [6.45, 7) is 6.42. The molecule has 0 unspecified atom stereocenters. The molecule has 0 fully saturated rings. The van der Waals surface area contributed by atoms with E-state index < -0.39 is 0 Å². The number of esters is 1. The largest absolute Gasteiger partial charge is 0.466 e. The smallest absolute Gasteiger partial charge is 0.305 e. The SMILES string of the molecule is CCCOC(=O)CCC(C)(C)OC. The minimum absolute atomic E-state index is 0.132. The quantitative estimate of drug-likeness (QED) is 0.599. The Hall–Kier alpha value is -0.570. The Morgan fingerprint density at radius 3 is 2.46 bits per heavy atom. The van der Waals surface area contributed by atoms with Crippen LogP contribution in [0.1, 0.15) is 40.0 Å². The monoisotopic (exact) mass is 188 g/mol. The summed E-state index contributed by atoms with van der Waals surface area (Å²) in [5, 5.41) is 0. The van der Waals surface area contributed by atoms with E-state index in [2.05, 4.69) is 0 Å². The second kappa shape index (κ2) is 5.97. The van der Waals surface area contributed by atoms with Crippen molar-refractivity contribution in [3.63, 3.8) is 0 Å². The van der Waals surface area contributed by atoms with Crippen LogP contribution < -0.4 is 0 Å². The van der Waals surface area contributed by atoms with Crippen molar-refractivity contribution in [3.8, 4) is 0 Å². The van der Waals surface area contributed by atoms with Gasteiger partial charge in [0.05, 0.1) is 12.2 Å². The highest BCUT2D eigenvalue weighted by Crippen LogP contribution is 2.15. The first-order valence-electron chi connectivity index (χ1n) is 4.72. The first kappa shape index (κ1) is 12.4. The van der Waals surface area contributed by atoms with Gasteiger partial charge in [0.15, 0.2) is 0 Å². The summed E-state index contributed by atoms with van der Waals surface area (Å²) < 4.78 is 10.1. The van der Waals surface area contributed by atoms with E-state index in [-0.39, 0.29) is 11.6 Å². The Balaban J connectivity index is 3.57. The summed E-state index contributed by atoms with van der Waals surface area (Å²) in [7, 11) is 1.65. The molecule has 0 heterocycles. The third-order valence-electron chi connectivity index (χ3n) is 1.95. The third-order valence-corrected chi connectivity index (χ3v) is 1.95. The average Bonchev–Trinajstić information content (AvgIpc) is 2.11. The van der Waals surface area contributed by atoms with E-state index in [0.717, 1.165) is 6.42 Å². The third kappa shape index (κ3) is 6.58. The van der Waals surface area contributed by atoms with Crippen molar-refractivity contribution in [2.45, 2.75) is 45.6 Å². The van der Waals surface area contributed by atoms with Crippen LogP contribution in [0.15, 0.2) is 0 Å². The molecule has 3 nitrogen and oxygen atoms in total. The van der Waals surface area contributed by atoms with Gasteiger partial charge in [0.25, 0.3) is 0 Å². The molecule has 0 aromatic heterocycles. The van der Waals surface area contributed by atoms with Gasteiger partial charge in [0.1, 0.15) is 0 Å². The highest BCUT2D eigenvalue weighted by Gasteiger charge is 2.18. The summed E-state index contributed by atoms with van der Waals surface area (Å²) in [4.78, 5) is 11.1. The maximum absolute atomic E-state index is 11.1. The summed E-state index contributed by atoms with van der Waals surface area (Å²) in [6.07, 6.45) is 2.01. The molecule has 0 N–H and O–H groups in total. The van der Waals surface area contributed by atoms with Crippen molar-refractivity contribution in [3.05, 3.63) is 0 Å². The molecule has 0 aliphatic carbocycles. The minimum atomic E-state index is -0.231. The molecule has 0 rings (SSSR count). The molecule has 0 spiro atoms. The van der Waals surface area contributed by atoms with Crippen molar-refractivity contribution in [1.82, 2.24) is 0 Å². The molecule has 0 aliphatic rings. The Morgan fingerprint density at radius 1 is 1.38 bits per heavy atom. The van der Waals surface area contributed by atoms with E-state index in [4.69, 9.17) is 9.47 Å². The standard InChI is InChI=1S/C10H20O3/c1-5-8-13-9(11)6-7-10(2,3)12-4/h5-8H2,1-4H3. The number of ether oxygens (including phenoxy) is 2. The molecule has 3 heteroatoms. The minimum Gasteiger partial charge on any atom is -0.466 e. The molecule has 78 valence electrons. The van der Waals surface area contributed by atoms with E-state index in [0.29, 0.717) is 19.4 Å². The summed E-state index contributed by atoms with van der Waals surface area (Å²) in [5.41, 5.74) is -0.231. The fourth-order valence-electron chi connectivity index (χ4n) is 0.793. The second-order valence-corrected chi connectivity index (χ2v) is 3.68. The molecule has 0 radical (unpaired) electrons. The normalized spacial score (nSPS) is 11.4. The molecule has 0 aromatic carbocycles. The number of hydrogen-bond donors (Lipinski definition) is 0. The van der Waals surface area contributed by atoms with Crippen LogP contribution in [0.4, 0.5) is 0 Å². The van der Waals surface area contributed by atoms with Crippen molar-refractivity contribution in [2.75, 3.05) is 13.7 Å². The van der Waals surface area contributed by atoms with Crippen molar-refractivity contribution in [2.24, 2.45) is 0 Å². The lowest BCUT2D eigenvalue weighted by Crippen LogP contribution is -2.23. The molecule has 0 saturated carbocycles. The van der Waals surface area contributed by atoms with E-state index in [1.807, 2.05) is 20.8 Å². The van der Waals surface area contributed by atoms with Crippen LogP contribution in [0.2, 0.25) is 0 Å². The van der Waals surface area contributed by atoms with Gasteiger partial charge in [-0.3, -0.25) is 4.79 Å². The average molecular weight is 188 g/mol. The summed E-state index contributed by atoms with van der Waals surface area (Å²) in [6, 6.07) is 0. The first-order valence-corrected chi connectivity index (χ1v) is 4.72. The fourth-order valence-corrected chi connectivity index (χ4v) is 0.793. The Morgan fingerprint density at radius 2 is 2.00 bits per heavy atom. The number of methoxy groups -OCH3 is 1. The van der Waals surface area contributed by atoms with Gasteiger partial charge in [-0.05, 0) is 26.7 Å². The number of hydrogen-bond acceptors (Lipinski definition) is 3. The van der Waals surface area contributed by atoms with Crippen LogP contribution in [0.3, 0.4) is 0 Å². The molecule has 0 bridgehead atoms. The van der Waals surface area contributed by atoms with Gasteiger partial charge in [-0.25, -0.2) is 0 Å². The fraction of sp³-hybridized carbons (Fsp3) is 0.900. The van der Waals surface area contributed by atoms with Crippen LogP contribution in [0.5, 0.6) is 0 Å². The van der Waals surface area contributed by atoms with Gasteiger partial charge >= 0.3 is 5.97 Å². The van der Waals surface area contributed by atoms with Crippen LogP contribution in [-0.4, -0.2) is 25.3 Å². The molecule has 0 saturated heterocycles. The van der Waals surface area contributed by atoms with E-state index in [9.17, 15) is 4.79 Å². The highest BCUT2D eigenvalue weighted by molar-refractivity contribution is 5.69. The van der Waals surface area contributed by atoms with Crippen LogP contribution in [0.25, 0.3) is 0 Å². The highest BCUT2D eigenvalue weighted by atomic mass is 16.5. The maximum Gasteiger partial charge on any atom is 0.305 e. The lowest BCUT2D eigenvalue weighted by atomic mass is 10.0. The molecule has 0 aromatic rings. The maximum atomic E-state index is 11.1. The Bertz CT molecular complexity index is 152. The molecule has 0 atom stereocenters. The number of rotatable bonds is 6. The number of carbonyl (C=O) groups excluding carboxylic acids is 1. The molecule has 13 heavy (non-hydrogen) atoms. The zero-order valence-corrected chi connectivity index (χ0v) is 9.05. The van der Waals surface area contributed by atoms with E-state index in [1.165, 1.54) is 0 Å². The first-order chi connectivity index (χ1) is 6.02. The van der Waals surface area contributed by atoms with E-state index >= 15 is 0 Å². The molecular formula is C10H20O3. The second-order valence-electron chi connectivity index (χ2n) is 3.68. The zero-order valence-electron chi connectivity index (χ0n) is 9.05. The van der Waals surface area contributed by atoms with Gasteiger partial charge in [0, 0.05) is 13.5 Å². The van der Waals surface area contributed by atoms with Crippen molar-refractivity contribution < 1.29 is 14.3 Å². The van der Waals surface area contributed by atoms with Crippen LogP contribution >= 0.6 is 0 Å². The topological polar surface area (TPSA) is 35.5 Å². The van der Waals surface area contributed by atoms with Gasteiger partial charge in [-0.2, -0.15) is 0 Å². The van der Waals surface area contributed by atoms with Gasteiger partial charge in [-0.1, -0.05) is 6.92 Å². The Labute approximate surface area is 80.4 Å².